The highest BCUT2D eigenvalue weighted by Crippen LogP contribution is 2.17. The molecule has 0 heteroatoms. The molecule has 82 valence electrons. The second-order valence-electron chi connectivity index (χ2n) is 3.06. The minimum Gasteiger partial charge on any atom is -0.0985 e. The average molecular weight is 210 g/mol. The predicted molar refractivity (Wildman–Crippen MR) is 75.2 cm³/mol. The van der Waals surface area contributed by atoms with Crippen LogP contribution in [0.25, 0.3) is 0 Å². The van der Waals surface area contributed by atoms with Crippen molar-refractivity contribution in [3.8, 4) is 0 Å². The van der Waals surface area contributed by atoms with Gasteiger partial charge in [-0.1, -0.05) is 69.9 Å². The van der Waals surface area contributed by atoms with Gasteiger partial charge in [0, 0.05) is 0 Å². The van der Waals surface area contributed by atoms with Crippen LogP contribution in [0, 0.1) is 0 Å². The van der Waals surface area contributed by atoms with Crippen molar-refractivity contribution in [2.75, 3.05) is 0 Å². The van der Waals surface area contributed by atoms with E-state index in [1.807, 2.05) is 6.08 Å². The Labute approximate surface area is 98.7 Å². The van der Waals surface area contributed by atoms with E-state index in [0.29, 0.717) is 0 Å². The lowest BCUT2D eigenvalue weighted by molar-refractivity contribution is 1.51. The molecule has 0 spiro atoms. The summed E-state index contributed by atoms with van der Waals surface area (Å²) in [6.45, 7) is 22.5. The lowest BCUT2D eigenvalue weighted by Gasteiger charge is -2.04. The highest BCUT2D eigenvalue weighted by Gasteiger charge is 1.98. The first-order valence-electron chi connectivity index (χ1n) is 4.92. The third-order valence-corrected chi connectivity index (χ3v) is 2.14. The molecule has 0 fully saturated rings. The summed E-state index contributed by atoms with van der Waals surface area (Å²) >= 11 is 0. The molecule has 0 saturated carbocycles. The predicted octanol–water partition coefficient (Wildman–Crippen LogP) is 4.70. The van der Waals surface area contributed by atoms with Gasteiger partial charge in [0.05, 0.1) is 0 Å². The minimum absolute atomic E-state index is 0.821. The summed E-state index contributed by atoms with van der Waals surface area (Å²) in [6, 6.07) is 0. The van der Waals surface area contributed by atoms with Crippen molar-refractivity contribution in [3.63, 3.8) is 0 Å². The van der Waals surface area contributed by atoms with Crippen LogP contribution in [0.15, 0.2) is 98.2 Å². The summed E-state index contributed by atoms with van der Waals surface area (Å²) in [5.74, 6) is 0. The molecule has 0 aromatic carbocycles. The molecule has 0 aromatic heterocycles. The largest absolute Gasteiger partial charge is 0.0985 e. The van der Waals surface area contributed by atoms with Crippen LogP contribution in [-0.4, -0.2) is 0 Å². The Kier molecular flexibility index (Phi) is 6.30. The van der Waals surface area contributed by atoms with Crippen molar-refractivity contribution >= 4 is 0 Å². The van der Waals surface area contributed by atoms with Gasteiger partial charge in [0.2, 0.25) is 0 Å². The van der Waals surface area contributed by atoms with E-state index in [2.05, 4.69) is 39.5 Å². The van der Waals surface area contributed by atoms with Crippen LogP contribution >= 0.6 is 0 Å². The highest BCUT2D eigenvalue weighted by atomic mass is 14.0. The monoisotopic (exact) mass is 210 g/mol. The van der Waals surface area contributed by atoms with Crippen LogP contribution in [0.4, 0.5) is 0 Å². The highest BCUT2D eigenvalue weighted by molar-refractivity contribution is 5.53. The van der Waals surface area contributed by atoms with Gasteiger partial charge in [-0.2, -0.15) is 0 Å². The molecule has 0 radical (unpaired) electrons. The molecule has 0 amide bonds. The number of hydrogen-bond donors (Lipinski definition) is 0. The first kappa shape index (κ1) is 13.9. The first-order valence-corrected chi connectivity index (χ1v) is 4.92. The Hall–Kier alpha value is -2.08. The lowest BCUT2D eigenvalue weighted by atomic mass is 10.0. The van der Waals surface area contributed by atoms with E-state index in [1.165, 1.54) is 0 Å². The van der Waals surface area contributed by atoms with Gasteiger partial charge in [0.1, 0.15) is 0 Å². The van der Waals surface area contributed by atoms with E-state index in [0.717, 1.165) is 22.3 Å². The Morgan fingerprint density at radius 2 is 1.12 bits per heavy atom. The first-order chi connectivity index (χ1) is 7.64. The summed E-state index contributed by atoms with van der Waals surface area (Å²) in [4.78, 5) is 0. The van der Waals surface area contributed by atoms with Gasteiger partial charge in [0.15, 0.2) is 0 Å². The van der Waals surface area contributed by atoms with Gasteiger partial charge in [0.25, 0.3) is 0 Å². The third kappa shape index (κ3) is 3.58. The molecule has 16 heavy (non-hydrogen) atoms. The summed E-state index contributed by atoms with van der Waals surface area (Å²) < 4.78 is 0. The molecule has 0 rings (SSSR count). The zero-order valence-corrected chi connectivity index (χ0v) is 9.71. The number of hydrogen-bond acceptors (Lipinski definition) is 0. The molecule has 0 unspecified atom stereocenters. The van der Waals surface area contributed by atoms with Gasteiger partial charge in [-0.05, 0) is 28.4 Å². The van der Waals surface area contributed by atoms with E-state index >= 15 is 0 Å². The second kappa shape index (κ2) is 7.24. The summed E-state index contributed by atoms with van der Waals surface area (Å²) in [5, 5.41) is 0. The fourth-order valence-corrected chi connectivity index (χ4v) is 1.15. The topological polar surface area (TPSA) is 0 Å². The molecule has 0 aliphatic heterocycles. The SMILES string of the molecule is C=CC(=C)/C(C=C)=C\C(C=C)=C(C=C)C=C. The van der Waals surface area contributed by atoms with E-state index < -0.39 is 0 Å². The maximum Gasteiger partial charge on any atom is -0.0184 e. The minimum atomic E-state index is 0.821. The fourth-order valence-electron chi connectivity index (χ4n) is 1.15. The summed E-state index contributed by atoms with van der Waals surface area (Å²) in [7, 11) is 0. The van der Waals surface area contributed by atoms with Crippen molar-refractivity contribution in [2.24, 2.45) is 0 Å². The quantitative estimate of drug-likeness (QED) is 0.534. The van der Waals surface area contributed by atoms with Gasteiger partial charge in [-0.3, -0.25) is 0 Å². The van der Waals surface area contributed by atoms with Crippen molar-refractivity contribution in [1.29, 1.82) is 0 Å². The smallest absolute Gasteiger partial charge is 0.0184 e. The zero-order valence-electron chi connectivity index (χ0n) is 9.71. The van der Waals surface area contributed by atoms with Crippen LogP contribution in [0.5, 0.6) is 0 Å². The molecule has 0 saturated heterocycles. The third-order valence-electron chi connectivity index (χ3n) is 2.14. The molecule has 0 N–H and O–H groups in total. The van der Waals surface area contributed by atoms with Crippen molar-refractivity contribution < 1.29 is 0 Å². The van der Waals surface area contributed by atoms with Crippen molar-refractivity contribution in [1.82, 2.24) is 0 Å². The van der Waals surface area contributed by atoms with Gasteiger partial charge >= 0.3 is 0 Å². The van der Waals surface area contributed by atoms with E-state index in [-0.39, 0.29) is 0 Å². The molecule has 0 aromatic rings. The molecule has 0 bridgehead atoms. The average Bonchev–Trinajstić information content (AvgIpc) is 2.33. The molecule has 0 aliphatic carbocycles. The molecule has 0 aliphatic rings. The van der Waals surface area contributed by atoms with Crippen LogP contribution < -0.4 is 0 Å². The molecular formula is C16H18. The van der Waals surface area contributed by atoms with E-state index in [9.17, 15) is 0 Å². The van der Waals surface area contributed by atoms with Gasteiger partial charge < -0.3 is 0 Å². The maximum absolute atomic E-state index is 3.88. The van der Waals surface area contributed by atoms with E-state index in [4.69, 9.17) is 0 Å². The molecule has 0 atom stereocenters. The Morgan fingerprint density at radius 3 is 1.44 bits per heavy atom. The summed E-state index contributed by atoms with van der Waals surface area (Å²) in [6.07, 6.45) is 10.6. The number of rotatable bonds is 7. The lowest BCUT2D eigenvalue weighted by Crippen LogP contribution is -1.85. The normalized spacial score (nSPS) is 9.88. The number of allylic oxidation sites excluding steroid dienone is 10. The second-order valence-corrected chi connectivity index (χ2v) is 3.06. The molecule has 0 nitrogen and oxygen atoms in total. The van der Waals surface area contributed by atoms with Gasteiger partial charge in [-0.15, -0.1) is 0 Å². The Bertz CT molecular complexity index is 388. The molecule has 0 heterocycles. The van der Waals surface area contributed by atoms with Crippen molar-refractivity contribution in [2.45, 2.75) is 0 Å². The van der Waals surface area contributed by atoms with Crippen LogP contribution in [0.3, 0.4) is 0 Å². The van der Waals surface area contributed by atoms with Crippen LogP contribution in [-0.2, 0) is 0 Å². The van der Waals surface area contributed by atoms with Crippen LogP contribution in [0.1, 0.15) is 0 Å². The van der Waals surface area contributed by atoms with E-state index in [1.54, 1.807) is 30.4 Å². The Balaban J connectivity index is 5.60. The zero-order chi connectivity index (χ0) is 12.6. The summed E-state index contributed by atoms with van der Waals surface area (Å²) in [5.41, 5.74) is 3.59. The standard InChI is InChI=1S/C16H18/c1-7-13(6)15(10-4)12-16(11-5)14(8-2)9-3/h7-12H,1-6H2/b15-12-. The van der Waals surface area contributed by atoms with Crippen molar-refractivity contribution in [3.05, 3.63) is 98.2 Å². The van der Waals surface area contributed by atoms with Crippen LogP contribution in [0.2, 0.25) is 0 Å². The molecular weight excluding hydrogens is 192 g/mol. The van der Waals surface area contributed by atoms with Gasteiger partial charge in [-0.25, -0.2) is 0 Å². The fraction of sp³-hybridized carbons (Fsp3) is 0. The Morgan fingerprint density at radius 1 is 0.625 bits per heavy atom. The maximum atomic E-state index is 3.88.